The van der Waals surface area contributed by atoms with Crippen molar-refractivity contribution < 1.29 is 33.4 Å². The Bertz CT molecular complexity index is 1020. The van der Waals surface area contributed by atoms with Gasteiger partial charge in [0, 0.05) is 6.92 Å². The maximum atomic E-state index is 13.1. The summed E-state index contributed by atoms with van der Waals surface area (Å²) in [4.78, 5) is 50.5. The number of ether oxygens (including phenoxy) is 3. The van der Waals surface area contributed by atoms with E-state index in [-0.39, 0.29) is 6.61 Å². The minimum Gasteiger partial charge on any atom is -0.497 e. The Hall–Kier alpha value is -3.92. The molecule has 0 bridgehead atoms. The number of hydrogen-bond donors (Lipinski definition) is 1. The van der Waals surface area contributed by atoms with Gasteiger partial charge in [-0.05, 0) is 30.2 Å². The summed E-state index contributed by atoms with van der Waals surface area (Å²) in [6.45, 7) is 2.40. The molecule has 1 heterocycles. The second kappa shape index (κ2) is 10.1. The standard InChI is InChI=1S/C23H25N3O7/c1-14(24)20(28)26(23(30)32-13-16-7-5-4-6-8-16)25-21(29)19(22(25)33-15(2)27)17-9-11-18(31-3)12-10-17/h4-12,14,19,22H,13,24H2,1-3H3/t14-,19+,22-/m0/s1. The summed E-state index contributed by atoms with van der Waals surface area (Å²) in [5.74, 6) is -2.56. The van der Waals surface area contributed by atoms with Gasteiger partial charge in [0.1, 0.15) is 18.3 Å². The van der Waals surface area contributed by atoms with Crippen LogP contribution < -0.4 is 10.5 Å². The minimum absolute atomic E-state index is 0.134. The molecule has 1 fully saturated rings. The lowest BCUT2D eigenvalue weighted by Gasteiger charge is -2.48. The van der Waals surface area contributed by atoms with Crippen LogP contribution in [0.25, 0.3) is 0 Å². The summed E-state index contributed by atoms with van der Waals surface area (Å²) in [7, 11) is 1.51. The summed E-state index contributed by atoms with van der Waals surface area (Å²) in [6.07, 6.45) is -2.35. The zero-order valence-corrected chi connectivity index (χ0v) is 18.5. The number of imide groups is 1. The van der Waals surface area contributed by atoms with Crippen LogP contribution in [0.2, 0.25) is 0 Å². The summed E-state index contributed by atoms with van der Waals surface area (Å²) in [5.41, 5.74) is 6.91. The van der Waals surface area contributed by atoms with Gasteiger partial charge in [-0.15, -0.1) is 5.01 Å². The van der Waals surface area contributed by atoms with Gasteiger partial charge < -0.3 is 19.9 Å². The van der Waals surface area contributed by atoms with E-state index in [9.17, 15) is 19.2 Å². The predicted octanol–water partition coefficient (Wildman–Crippen LogP) is 1.94. The zero-order chi connectivity index (χ0) is 24.1. The third-order valence-corrected chi connectivity index (χ3v) is 4.97. The Morgan fingerprint density at radius 1 is 1.09 bits per heavy atom. The second-order valence-corrected chi connectivity index (χ2v) is 7.41. The average molecular weight is 455 g/mol. The molecule has 2 aromatic carbocycles. The Kier molecular flexibility index (Phi) is 7.29. The van der Waals surface area contributed by atoms with E-state index in [1.54, 1.807) is 54.6 Å². The van der Waals surface area contributed by atoms with Crippen molar-refractivity contribution >= 4 is 23.9 Å². The number of nitrogens with zero attached hydrogens (tertiary/aromatic N) is 2. The fraction of sp³-hybridized carbons (Fsp3) is 0.304. The summed E-state index contributed by atoms with van der Waals surface area (Å²) in [5, 5.41) is 1.28. The smallest absolute Gasteiger partial charge is 0.436 e. The molecule has 10 heteroatoms. The average Bonchev–Trinajstić information content (AvgIpc) is 2.81. The molecule has 33 heavy (non-hydrogen) atoms. The number of carbonyl (C=O) groups is 4. The van der Waals surface area contributed by atoms with Crippen LogP contribution in [0.3, 0.4) is 0 Å². The van der Waals surface area contributed by atoms with Crippen molar-refractivity contribution in [3.63, 3.8) is 0 Å². The molecule has 2 aromatic rings. The maximum absolute atomic E-state index is 13.1. The van der Waals surface area contributed by atoms with Crippen molar-refractivity contribution in [1.29, 1.82) is 0 Å². The van der Waals surface area contributed by atoms with Crippen molar-refractivity contribution in [3.05, 3.63) is 65.7 Å². The van der Waals surface area contributed by atoms with Crippen molar-refractivity contribution in [2.24, 2.45) is 5.73 Å². The van der Waals surface area contributed by atoms with Gasteiger partial charge in [0.2, 0.25) is 6.23 Å². The lowest BCUT2D eigenvalue weighted by atomic mass is 9.89. The number of carbonyl (C=O) groups excluding carboxylic acids is 4. The number of methoxy groups -OCH3 is 1. The summed E-state index contributed by atoms with van der Waals surface area (Å²) in [6, 6.07) is 14.3. The van der Waals surface area contributed by atoms with Crippen LogP contribution in [0.1, 0.15) is 30.9 Å². The first kappa shape index (κ1) is 23.7. The number of β-lactam (4-membered cyclic amide) rings is 1. The molecular weight excluding hydrogens is 430 g/mol. The lowest BCUT2D eigenvalue weighted by molar-refractivity contribution is -0.222. The molecule has 0 unspecified atom stereocenters. The normalized spacial score (nSPS) is 18.1. The van der Waals surface area contributed by atoms with Crippen molar-refractivity contribution in [3.8, 4) is 5.75 Å². The van der Waals surface area contributed by atoms with E-state index < -0.39 is 42.1 Å². The predicted molar refractivity (Wildman–Crippen MR) is 115 cm³/mol. The zero-order valence-electron chi connectivity index (χ0n) is 18.5. The second-order valence-electron chi connectivity index (χ2n) is 7.41. The largest absolute Gasteiger partial charge is 0.497 e. The van der Waals surface area contributed by atoms with Crippen LogP contribution >= 0.6 is 0 Å². The number of benzene rings is 2. The third kappa shape index (κ3) is 5.12. The molecule has 10 nitrogen and oxygen atoms in total. The van der Waals surface area contributed by atoms with Gasteiger partial charge in [-0.3, -0.25) is 14.4 Å². The topological polar surface area (TPSA) is 128 Å². The van der Waals surface area contributed by atoms with Crippen molar-refractivity contribution in [2.45, 2.75) is 38.6 Å². The lowest BCUT2D eigenvalue weighted by Crippen LogP contribution is -2.70. The summed E-state index contributed by atoms with van der Waals surface area (Å²) < 4.78 is 15.7. The van der Waals surface area contributed by atoms with Gasteiger partial charge in [-0.1, -0.05) is 42.5 Å². The molecular formula is C23H25N3O7. The first-order valence-electron chi connectivity index (χ1n) is 10.2. The maximum Gasteiger partial charge on any atom is 0.436 e. The van der Waals surface area contributed by atoms with Gasteiger partial charge in [0.25, 0.3) is 11.8 Å². The van der Waals surface area contributed by atoms with Crippen LogP contribution in [0, 0.1) is 0 Å². The molecule has 0 saturated carbocycles. The quantitative estimate of drug-likeness (QED) is 0.495. The molecule has 3 amide bonds. The fourth-order valence-corrected chi connectivity index (χ4v) is 3.33. The SMILES string of the molecule is COc1ccc([C@@H]2C(=O)N(N(C(=O)OCc3ccccc3)C(=O)[C@H](C)N)[C@H]2OC(C)=O)cc1. The van der Waals surface area contributed by atoms with Crippen LogP contribution in [-0.4, -0.2) is 53.3 Å². The molecule has 3 atom stereocenters. The van der Waals surface area contributed by atoms with Crippen molar-refractivity contribution in [1.82, 2.24) is 10.0 Å². The van der Waals surface area contributed by atoms with Crippen LogP contribution in [0.5, 0.6) is 5.75 Å². The number of rotatable bonds is 7. The molecule has 174 valence electrons. The Morgan fingerprint density at radius 3 is 2.27 bits per heavy atom. The highest BCUT2D eigenvalue weighted by Gasteiger charge is 2.57. The molecule has 2 N–H and O–H groups in total. The van der Waals surface area contributed by atoms with E-state index in [0.717, 1.165) is 11.9 Å². The third-order valence-electron chi connectivity index (χ3n) is 4.97. The van der Waals surface area contributed by atoms with Crippen LogP contribution in [0.15, 0.2) is 54.6 Å². The molecule has 0 spiro atoms. The molecule has 1 aliphatic heterocycles. The van der Waals surface area contributed by atoms with Crippen molar-refractivity contribution in [2.75, 3.05) is 7.11 Å². The minimum atomic E-state index is -1.24. The van der Waals surface area contributed by atoms with Crippen LogP contribution in [0.4, 0.5) is 4.79 Å². The van der Waals surface area contributed by atoms with E-state index in [1.807, 2.05) is 0 Å². The number of esters is 1. The molecule has 1 aliphatic rings. The van der Waals surface area contributed by atoms with E-state index in [4.69, 9.17) is 19.9 Å². The van der Waals surface area contributed by atoms with E-state index in [0.29, 0.717) is 21.9 Å². The highest BCUT2D eigenvalue weighted by Crippen LogP contribution is 2.39. The van der Waals surface area contributed by atoms with E-state index >= 15 is 0 Å². The van der Waals surface area contributed by atoms with Gasteiger partial charge in [-0.25, -0.2) is 4.79 Å². The molecule has 0 aromatic heterocycles. The van der Waals surface area contributed by atoms with Gasteiger partial charge >= 0.3 is 12.1 Å². The van der Waals surface area contributed by atoms with E-state index in [2.05, 4.69) is 0 Å². The first-order valence-corrected chi connectivity index (χ1v) is 10.2. The monoisotopic (exact) mass is 455 g/mol. The molecule has 3 rings (SSSR count). The molecule has 0 aliphatic carbocycles. The van der Waals surface area contributed by atoms with Gasteiger partial charge in [-0.2, -0.15) is 5.01 Å². The number of hydrogen-bond acceptors (Lipinski definition) is 8. The Balaban J connectivity index is 1.88. The van der Waals surface area contributed by atoms with Gasteiger partial charge in [0.15, 0.2) is 0 Å². The number of hydrazine groups is 1. The molecule has 1 saturated heterocycles. The number of amides is 3. The van der Waals surface area contributed by atoms with E-state index in [1.165, 1.54) is 14.0 Å². The highest BCUT2D eigenvalue weighted by atomic mass is 16.6. The van der Waals surface area contributed by atoms with Gasteiger partial charge in [0.05, 0.1) is 13.2 Å². The number of nitrogens with two attached hydrogens (primary N) is 1. The summed E-state index contributed by atoms with van der Waals surface area (Å²) >= 11 is 0. The highest BCUT2D eigenvalue weighted by molar-refractivity contribution is 6.00. The first-order chi connectivity index (χ1) is 15.7. The van der Waals surface area contributed by atoms with Crippen LogP contribution in [-0.2, 0) is 30.5 Å². The fourth-order valence-electron chi connectivity index (χ4n) is 3.33. The Morgan fingerprint density at radius 2 is 1.73 bits per heavy atom. The molecule has 0 radical (unpaired) electrons. The Labute approximate surface area is 190 Å².